The standard InChI is InChI=1S/C31H26N2OS/c34-29-28(30(32-29)35-23-13-16-24-14-5-1-6-15-24)33-31(25-17-7-2-8-18-25,26-19-9-3-10-20-26)27-21-11-4-12-22-27/h1-12,14-15,17-22,28,30,33H,23H2,(H,32,34). The Bertz CT molecular complexity index is 1220. The number of thioether (sulfide) groups is 1. The predicted molar refractivity (Wildman–Crippen MR) is 144 cm³/mol. The van der Waals surface area contributed by atoms with Crippen LogP contribution in [-0.4, -0.2) is 23.1 Å². The Morgan fingerprint density at radius 3 is 1.63 bits per heavy atom. The first-order valence-corrected chi connectivity index (χ1v) is 12.7. The summed E-state index contributed by atoms with van der Waals surface area (Å²) in [5.41, 5.74) is 3.58. The van der Waals surface area contributed by atoms with Crippen LogP contribution in [0.5, 0.6) is 0 Å². The van der Waals surface area contributed by atoms with Crippen LogP contribution < -0.4 is 10.6 Å². The van der Waals surface area contributed by atoms with Crippen molar-refractivity contribution in [2.75, 3.05) is 5.75 Å². The fourth-order valence-corrected chi connectivity index (χ4v) is 5.39. The molecule has 0 aliphatic carbocycles. The van der Waals surface area contributed by atoms with Crippen molar-refractivity contribution in [3.63, 3.8) is 0 Å². The normalized spacial score (nSPS) is 17.0. The molecule has 2 N–H and O–H groups in total. The van der Waals surface area contributed by atoms with E-state index in [2.05, 4.69) is 58.9 Å². The van der Waals surface area contributed by atoms with Gasteiger partial charge in [-0.2, -0.15) is 0 Å². The Balaban J connectivity index is 1.47. The van der Waals surface area contributed by atoms with Crippen LogP contribution in [0.2, 0.25) is 0 Å². The number of carbonyl (C=O) groups is 1. The summed E-state index contributed by atoms with van der Waals surface area (Å²) in [6, 6.07) is 40.7. The maximum Gasteiger partial charge on any atom is 0.241 e. The van der Waals surface area contributed by atoms with Crippen LogP contribution in [0, 0.1) is 11.8 Å². The monoisotopic (exact) mass is 474 g/mol. The van der Waals surface area contributed by atoms with Crippen molar-refractivity contribution >= 4 is 17.7 Å². The minimum atomic E-state index is -0.680. The van der Waals surface area contributed by atoms with Gasteiger partial charge in [-0.25, -0.2) is 0 Å². The molecule has 1 heterocycles. The number of nitrogens with one attached hydrogen (secondary N) is 2. The minimum absolute atomic E-state index is 0.00527. The number of β-lactam (4-membered cyclic amide) rings is 1. The molecule has 2 atom stereocenters. The quantitative estimate of drug-likeness (QED) is 0.220. The van der Waals surface area contributed by atoms with Gasteiger partial charge in [0, 0.05) is 5.56 Å². The van der Waals surface area contributed by atoms with Crippen molar-refractivity contribution < 1.29 is 4.79 Å². The Labute approximate surface area is 211 Å². The zero-order valence-electron chi connectivity index (χ0n) is 19.2. The van der Waals surface area contributed by atoms with Crippen LogP contribution in [0.1, 0.15) is 22.3 Å². The molecular weight excluding hydrogens is 448 g/mol. The molecule has 172 valence electrons. The summed E-state index contributed by atoms with van der Waals surface area (Å²) in [5, 5.41) is 6.79. The molecule has 3 nitrogen and oxygen atoms in total. The highest BCUT2D eigenvalue weighted by Gasteiger charge is 2.47. The van der Waals surface area contributed by atoms with Gasteiger partial charge in [0.15, 0.2) is 0 Å². The zero-order valence-corrected chi connectivity index (χ0v) is 20.0. The molecule has 35 heavy (non-hydrogen) atoms. The summed E-state index contributed by atoms with van der Waals surface area (Å²) in [6.07, 6.45) is 0. The predicted octanol–water partition coefficient (Wildman–Crippen LogP) is 5.18. The van der Waals surface area contributed by atoms with Crippen molar-refractivity contribution in [1.29, 1.82) is 0 Å². The first-order valence-electron chi connectivity index (χ1n) is 11.7. The van der Waals surface area contributed by atoms with Gasteiger partial charge in [-0.3, -0.25) is 10.1 Å². The van der Waals surface area contributed by atoms with Crippen LogP contribution in [0.15, 0.2) is 121 Å². The Morgan fingerprint density at radius 1 is 0.714 bits per heavy atom. The molecule has 4 heteroatoms. The fraction of sp³-hybridized carbons (Fsp3) is 0.129. The van der Waals surface area contributed by atoms with Crippen molar-refractivity contribution in [2.24, 2.45) is 0 Å². The van der Waals surface area contributed by atoms with Crippen molar-refractivity contribution in [3.05, 3.63) is 144 Å². The number of hydrogen-bond donors (Lipinski definition) is 2. The fourth-order valence-electron chi connectivity index (χ4n) is 4.47. The van der Waals surface area contributed by atoms with Crippen LogP contribution >= 0.6 is 11.8 Å². The summed E-state index contributed by atoms with van der Waals surface area (Å²) >= 11 is 1.65. The van der Waals surface area contributed by atoms with Gasteiger partial charge < -0.3 is 5.32 Å². The van der Waals surface area contributed by atoms with E-state index in [4.69, 9.17) is 0 Å². The molecule has 0 spiro atoms. The van der Waals surface area contributed by atoms with Gasteiger partial charge in [-0.15, -0.1) is 11.8 Å². The molecule has 0 aromatic heterocycles. The second-order valence-corrected chi connectivity index (χ2v) is 9.51. The lowest BCUT2D eigenvalue weighted by atomic mass is 9.76. The van der Waals surface area contributed by atoms with Gasteiger partial charge >= 0.3 is 0 Å². The van der Waals surface area contributed by atoms with E-state index in [-0.39, 0.29) is 17.3 Å². The average Bonchev–Trinajstić information content (AvgIpc) is 2.93. The molecular formula is C31H26N2OS. The van der Waals surface area contributed by atoms with Gasteiger partial charge in [-0.1, -0.05) is 121 Å². The molecule has 4 aromatic carbocycles. The number of amides is 1. The third-order valence-corrected chi connectivity index (χ3v) is 7.26. The molecule has 2 unspecified atom stereocenters. The molecule has 1 aliphatic rings. The van der Waals surface area contributed by atoms with E-state index in [0.29, 0.717) is 5.75 Å². The molecule has 0 saturated carbocycles. The smallest absolute Gasteiger partial charge is 0.241 e. The number of rotatable bonds is 7. The Kier molecular flexibility index (Phi) is 6.99. The topological polar surface area (TPSA) is 41.1 Å². The molecule has 5 rings (SSSR count). The van der Waals surface area contributed by atoms with Crippen LogP contribution in [0.4, 0.5) is 0 Å². The second-order valence-electron chi connectivity index (χ2n) is 8.38. The number of hydrogen-bond acceptors (Lipinski definition) is 3. The van der Waals surface area contributed by atoms with E-state index in [1.165, 1.54) is 0 Å². The summed E-state index contributed by atoms with van der Waals surface area (Å²) in [6.45, 7) is 0. The first-order chi connectivity index (χ1) is 17.3. The van der Waals surface area contributed by atoms with E-state index >= 15 is 0 Å². The van der Waals surface area contributed by atoms with Crippen molar-refractivity contribution in [1.82, 2.24) is 10.6 Å². The Morgan fingerprint density at radius 2 is 1.17 bits per heavy atom. The molecule has 0 bridgehead atoms. The van der Waals surface area contributed by atoms with Crippen LogP contribution in [0.25, 0.3) is 0 Å². The lowest BCUT2D eigenvalue weighted by Gasteiger charge is -2.45. The molecule has 1 fully saturated rings. The van der Waals surface area contributed by atoms with Crippen molar-refractivity contribution in [2.45, 2.75) is 17.0 Å². The van der Waals surface area contributed by atoms with Gasteiger partial charge in [0.2, 0.25) is 5.91 Å². The van der Waals surface area contributed by atoms with Crippen LogP contribution in [0.3, 0.4) is 0 Å². The average molecular weight is 475 g/mol. The number of benzene rings is 4. The lowest BCUT2D eigenvalue weighted by Crippen LogP contribution is -2.70. The van der Waals surface area contributed by atoms with Gasteiger partial charge in [-0.05, 0) is 28.8 Å². The van der Waals surface area contributed by atoms with Crippen molar-refractivity contribution in [3.8, 4) is 11.8 Å². The van der Waals surface area contributed by atoms with E-state index in [9.17, 15) is 4.79 Å². The largest absolute Gasteiger partial charge is 0.341 e. The third-order valence-electron chi connectivity index (χ3n) is 6.20. The Hall–Kier alpha value is -3.78. The molecule has 1 saturated heterocycles. The first kappa shape index (κ1) is 23.0. The summed E-state index contributed by atoms with van der Waals surface area (Å²) in [4.78, 5) is 12.8. The summed E-state index contributed by atoms with van der Waals surface area (Å²) in [5.74, 6) is 7.06. The SMILES string of the molecule is O=C1NC(SCC#Cc2ccccc2)C1NC(c1ccccc1)(c1ccccc1)c1ccccc1. The van der Waals surface area contributed by atoms with Gasteiger partial charge in [0.25, 0.3) is 0 Å². The highest BCUT2D eigenvalue weighted by molar-refractivity contribution is 8.00. The molecule has 0 radical (unpaired) electrons. The van der Waals surface area contributed by atoms with E-state index < -0.39 is 5.54 Å². The van der Waals surface area contributed by atoms with E-state index in [0.717, 1.165) is 22.3 Å². The second kappa shape index (κ2) is 10.7. The molecule has 1 aliphatic heterocycles. The van der Waals surface area contributed by atoms with E-state index in [1.54, 1.807) is 11.8 Å². The lowest BCUT2D eigenvalue weighted by molar-refractivity contribution is -0.129. The zero-order chi connectivity index (χ0) is 23.9. The van der Waals surface area contributed by atoms with Crippen LogP contribution in [-0.2, 0) is 10.3 Å². The molecule has 1 amide bonds. The highest BCUT2D eigenvalue weighted by Crippen LogP contribution is 2.38. The number of carbonyl (C=O) groups excluding carboxylic acids is 1. The van der Waals surface area contributed by atoms with Gasteiger partial charge in [0.05, 0.1) is 11.3 Å². The maximum absolute atomic E-state index is 12.8. The summed E-state index contributed by atoms with van der Waals surface area (Å²) < 4.78 is 0. The van der Waals surface area contributed by atoms with Gasteiger partial charge in [0.1, 0.15) is 11.4 Å². The van der Waals surface area contributed by atoms with E-state index in [1.807, 2.05) is 84.9 Å². The summed E-state index contributed by atoms with van der Waals surface area (Å²) in [7, 11) is 0. The highest BCUT2D eigenvalue weighted by atomic mass is 32.2. The molecule has 4 aromatic rings. The third kappa shape index (κ3) is 4.88. The minimum Gasteiger partial charge on any atom is -0.341 e. The maximum atomic E-state index is 12.8.